The molecule has 3 nitrogen and oxygen atoms in total. The number of imidazole rings is 1. The number of nitrogens with zero attached hydrogens (tertiary/aromatic N) is 3. The van der Waals surface area contributed by atoms with E-state index in [-0.39, 0.29) is 0 Å². The normalized spacial score (nSPS) is 15.0. The molecule has 0 aliphatic carbocycles. The topological polar surface area (TPSA) is 21.7 Å². The van der Waals surface area contributed by atoms with E-state index in [2.05, 4.69) is 28.6 Å². The van der Waals surface area contributed by atoms with Crippen LogP contribution in [0.3, 0.4) is 0 Å². The van der Waals surface area contributed by atoms with Gasteiger partial charge in [0, 0.05) is 40.1 Å². The van der Waals surface area contributed by atoms with Crippen molar-refractivity contribution in [2.45, 2.75) is 27.1 Å². The Kier molecular flexibility index (Phi) is 2.13. The van der Waals surface area contributed by atoms with E-state index in [0.717, 1.165) is 34.6 Å². The van der Waals surface area contributed by atoms with Crippen LogP contribution < -0.4 is 4.57 Å². The first-order valence-electron chi connectivity index (χ1n) is 8.93. The summed E-state index contributed by atoms with van der Waals surface area (Å²) in [6, 6.07) is 6.38. The fraction of sp³-hybridized carbons (Fsp3) is 0.263. The second-order valence-corrected chi connectivity index (χ2v) is 6.05. The third-order valence-electron chi connectivity index (χ3n) is 4.51. The molecule has 0 saturated heterocycles. The first-order valence-corrected chi connectivity index (χ1v) is 7.43. The summed E-state index contributed by atoms with van der Waals surface area (Å²) in [5.41, 5.74) is 6.95. The molecule has 1 aliphatic heterocycles. The molecule has 0 radical (unpaired) electrons. The van der Waals surface area contributed by atoms with Gasteiger partial charge in [-0.25, -0.2) is 9.55 Å². The fourth-order valence-electron chi connectivity index (χ4n) is 3.25. The quantitative estimate of drug-likeness (QED) is 0.494. The van der Waals surface area contributed by atoms with E-state index in [9.17, 15) is 0 Å². The van der Waals surface area contributed by atoms with Gasteiger partial charge in [-0.3, -0.25) is 0 Å². The molecule has 0 atom stereocenters. The highest BCUT2D eigenvalue weighted by molar-refractivity contribution is 5.68. The number of hydrogen-bond donors (Lipinski definition) is 0. The number of hydrogen-bond acceptors (Lipinski definition) is 1. The first-order chi connectivity index (χ1) is 11.8. The van der Waals surface area contributed by atoms with Gasteiger partial charge in [0.15, 0.2) is 6.20 Å². The van der Waals surface area contributed by atoms with Gasteiger partial charge in [-0.05, 0) is 49.5 Å². The van der Waals surface area contributed by atoms with Gasteiger partial charge in [0.1, 0.15) is 12.9 Å². The molecule has 4 rings (SSSR count). The minimum atomic E-state index is -2.09. The van der Waals surface area contributed by atoms with Crippen LogP contribution in [0.1, 0.15) is 32.2 Å². The highest BCUT2D eigenvalue weighted by Crippen LogP contribution is 2.33. The van der Waals surface area contributed by atoms with Crippen molar-refractivity contribution in [1.29, 1.82) is 0 Å². The third-order valence-corrected chi connectivity index (χ3v) is 4.51. The Morgan fingerprint density at radius 2 is 2.05 bits per heavy atom. The van der Waals surface area contributed by atoms with Gasteiger partial charge in [-0.2, -0.15) is 0 Å². The van der Waals surface area contributed by atoms with E-state index in [0.29, 0.717) is 5.56 Å². The van der Waals surface area contributed by atoms with Gasteiger partial charge in [0.05, 0.1) is 5.69 Å². The Labute approximate surface area is 135 Å². The van der Waals surface area contributed by atoms with Gasteiger partial charge in [0.2, 0.25) is 5.69 Å². The van der Waals surface area contributed by atoms with Crippen LogP contribution >= 0.6 is 0 Å². The molecule has 0 spiro atoms. The predicted octanol–water partition coefficient (Wildman–Crippen LogP) is 3.19. The molecule has 3 heteroatoms. The zero-order valence-corrected chi connectivity index (χ0v) is 13.0. The van der Waals surface area contributed by atoms with Crippen molar-refractivity contribution in [3.8, 4) is 16.9 Å². The van der Waals surface area contributed by atoms with Crippen LogP contribution in [-0.4, -0.2) is 9.55 Å². The summed E-state index contributed by atoms with van der Waals surface area (Å²) in [4.78, 5) is 4.41. The van der Waals surface area contributed by atoms with Crippen molar-refractivity contribution >= 4 is 0 Å². The lowest BCUT2D eigenvalue weighted by molar-refractivity contribution is -0.660. The van der Waals surface area contributed by atoms with Crippen molar-refractivity contribution in [3.05, 3.63) is 64.9 Å². The number of rotatable bonds is 1. The predicted molar refractivity (Wildman–Crippen MR) is 87.2 cm³/mol. The van der Waals surface area contributed by atoms with Crippen LogP contribution in [-0.2, 0) is 13.5 Å². The van der Waals surface area contributed by atoms with Gasteiger partial charge in [-0.15, -0.1) is 0 Å². The average Bonchev–Trinajstić information content (AvgIpc) is 3.09. The molecule has 1 aliphatic rings. The van der Waals surface area contributed by atoms with E-state index < -0.39 is 6.85 Å². The van der Waals surface area contributed by atoms with Crippen molar-refractivity contribution in [3.63, 3.8) is 0 Å². The molecule has 0 fully saturated rings. The lowest BCUT2D eigenvalue weighted by Crippen LogP contribution is -2.31. The number of benzene rings is 1. The Bertz CT molecular complexity index is 1000. The maximum absolute atomic E-state index is 7.69. The molecular formula is C19H20N3+. The molecule has 0 bridgehead atoms. The molecular weight excluding hydrogens is 270 g/mol. The zero-order valence-electron chi connectivity index (χ0n) is 16.0. The maximum Gasteiger partial charge on any atom is 0.212 e. The molecule has 0 saturated carbocycles. The van der Waals surface area contributed by atoms with E-state index in [1.807, 2.05) is 37.0 Å². The number of aryl methyl sites for hydroxylation is 4. The molecule has 110 valence electrons. The van der Waals surface area contributed by atoms with E-state index in [4.69, 9.17) is 4.11 Å². The van der Waals surface area contributed by atoms with Crippen molar-refractivity contribution in [1.82, 2.24) is 9.55 Å². The summed E-state index contributed by atoms with van der Waals surface area (Å²) in [6.07, 6.45) is 6.38. The van der Waals surface area contributed by atoms with Crippen LogP contribution in [0.2, 0.25) is 0 Å². The highest BCUT2D eigenvalue weighted by Gasteiger charge is 2.23. The maximum atomic E-state index is 7.69. The van der Waals surface area contributed by atoms with Crippen LogP contribution in [0.5, 0.6) is 0 Å². The second kappa shape index (κ2) is 4.54. The largest absolute Gasteiger partial charge is 0.303 e. The lowest BCUT2D eigenvalue weighted by Gasteiger charge is -2.10. The first kappa shape index (κ1) is 10.3. The molecule has 2 aromatic heterocycles. The lowest BCUT2D eigenvalue weighted by atomic mass is 9.98. The molecule has 0 unspecified atom stereocenters. The molecule has 1 aromatic carbocycles. The second-order valence-electron chi connectivity index (χ2n) is 6.05. The molecule has 3 heterocycles. The number of fused-ring (bicyclic) bond motifs is 3. The van der Waals surface area contributed by atoms with Crippen LogP contribution in [0.15, 0.2) is 36.8 Å². The van der Waals surface area contributed by atoms with Crippen LogP contribution in [0.4, 0.5) is 0 Å². The minimum Gasteiger partial charge on any atom is -0.303 e. The number of pyridine rings is 1. The third kappa shape index (κ3) is 1.82. The van der Waals surface area contributed by atoms with Crippen molar-refractivity contribution in [2.24, 2.45) is 7.05 Å². The SMILES string of the molecule is [2H]C([2H])([2H])c1c[n+](C)c(-c2cc3c(cc2C)-n2ccnc2C3)cc1C. The summed E-state index contributed by atoms with van der Waals surface area (Å²) in [7, 11) is 1.90. The average molecular weight is 293 g/mol. The fourth-order valence-corrected chi connectivity index (χ4v) is 3.25. The van der Waals surface area contributed by atoms with E-state index in [1.54, 1.807) is 6.20 Å². The minimum absolute atomic E-state index is 0.401. The smallest absolute Gasteiger partial charge is 0.212 e. The highest BCUT2D eigenvalue weighted by atomic mass is 15.1. The zero-order chi connectivity index (χ0) is 17.9. The van der Waals surface area contributed by atoms with Gasteiger partial charge in [-0.1, -0.05) is 0 Å². The standard InChI is InChI=1S/C19H20N3/c1-12-7-18(21(4)11-14(12)3)16-9-15-10-19-20-5-6-22(19)17(15)8-13(16)2/h5-9,11H,10H2,1-4H3/q+1/i3D3. The summed E-state index contributed by atoms with van der Waals surface area (Å²) in [5.74, 6) is 1.06. The van der Waals surface area contributed by atoms with Crippen molar-refractivity contribution < 1.29 is 8.68 Å². The van der Waals surface area contributed by atoms with Gasteiger partial charge < -0.3 is 4.57 Å². The summed E-state index contributed by atoms with van der Waals surface area (Å²) in [6.45, 7) is 1.86. The molecule has 3 aromatic rings. The Morgan fingerprint density at radius 1 is 1.18 bits per heavy atom. The van der Waals surface area contributed by atoms with Crippen molar-refractivity contribution in [2.75, 3.05) is 0 Å². The number of aromatic nitrogens is 3. The molecule has 0 amide bonds. The summed E-state index contributed by atoms with van der Waals surface area (Å²) in [5, 5.41) is 0. The van der Waals surface area contributed by atoms with Gasteiger partial charge in [0.25, 0.3) is 0 Å². The summed E-state index contributed by atoms with van der Waals surface area (Å²) >= 11 is 0. The van der Waals surface area contributed by atoms with Crippen LogP contribution in [0, 0.1) is 20.7 Å². The Morgan fingerprint density at radius 3 is 2.86 bits per heavy atom. The van der Waals surface area contributed by atoms with Gasteiger partial charge >= 0.3 is 0 Å². The molecule has 0 N–H and O–H groups in total. The van der Waals surface area contributed by atoms with E-state index in [1.165, 1.54) is 11.3 Å². The molecule has 22 heavy (non-hydrogen) atoms. The van der Waals surface area contributed by atoms with E-state index >= 15 is 0 Å². The Balaban J connectivity index is 1.86. The summed E-state index contributed by atoms with van der Waals surface area (Å²) < 4.78 is 27.1. The monoisotopic (exact) mass is 293 g/mol. The van der Waals surface area contributed by atoms with Crippen LogP contribution in [0.25, 0.3) is 16.9 Å². The Hall–Kier alpha value is -2.42.